The fraction of sp³-hybridized carbons (Fsp3) is 0.238. The summed E-state index contributed by atoms with van der Waals surface area (Å²) in [5.74, 6) is -0.318. The van der Waals surface area contributed by atoms with Gasteiger partial charge in [0.1, 0.15) is 5.75 Å². The largest absolute Gasteiger partial charge is 0.434 e. The lowest BCUT2D eigenvalue weighted by atomic mass is 10.1. The predicted molar refractivity (Wildman–Crippen MR) is 109 cm³/mol. The number of carbonyl (C=O) groups is 2. The van der Waals surface area contributed by atoms with Gasteiger partial charge in [0, 0.05) is 47.9 Å². The van der Waals surface area contributed by atoms with Crippen LogP contribution in [0.25, 0.3) is 6.08 Å². The lowest BCUT2D eigenvalue weighted by molar-refractivity contribution is -0.127. The van der Waals surface area contributed by atoms with Crippen LogP contribution in [0.5, 0.6) is 5.75 Å². The first-order valence-electron chi connectivity index (χ1n) is 9.00. The van der Waals surface area contributed by atoms with Crippen molar-refractivity contribution in [2.75, 3.05) is 26.2 Å². The number of nitrogens with zero attached hydrogens (tertiary/aromatic N) is 2. The molecule has 0 unspecified atom stereocenters. The van der Waals surface area contributed by atoms with E-state index in [1.54, 1.807) is 34.1 Å². The van der Waals surface area contributed by atoms with Crippen molar-refractivity contribution in [1.29, 1.82) is 0 Å². The highest BCUT2D eigenvalue weighted by Gasteiger charge is 2.23. The first-order valence-corrected chi connectivity index (χ1v) is 9.79. The van der Waals surface area contributed by atoms with E-state index in [9.17, 15) is 18.4 Å². The summed E-state index contributed by atoms with van der Waals surface area (Å²) >= 11 is 3.28. The normalized spacial score (nSPS) is 14.5. The van der Waals surface area contributed by atoms with Crippen LogP contribution in [0.2, 0.25) is 0 Å². The third-order valence-electron chi connectivity index (χ3n) is 4.49. The van der Waals surface area contributed by atoms with Gasteiger partial charge in [0.25, 0.3) is 5.91 Å². The molecule has 1 aliphatic rings. The second-order valence-corrected chi connectivity index (χ2v) is 7.29. The topological polar surface area (TPSA) is 49.9 Å². The molecule has 0 N–H and O–H groups in total. The summed E-state index contributed by atoms with van der Waals surface area (Å²) in [5, 5.41) is 0. The molecule has 2 aromatic carbocycles. The molecule has 5 nitrogen and oxygen atoms in total. The average molecular weight is 465 g/mol. The number of rotatable bonds is 5. The maximum Gasteiger partial charge on any atom is 0.387 e. The Bertz CT molecular complexity index is 898. The maximum absolute atomic E-state index is 12.5. The first kappa shape index (κ1) is 21.0. The van der Waals surface area contributed by atoms with E-state index >= 15 is 0 Å². The van der Waals surface area contributed by atoms with Crippen molar-refractivity contribution in [3.8, 4) is 5.75 Å². The summed E-state index contributed by atoms with van der Waals surface area (Å²) in [6.45, 7) is -1.27. The highest BCUT2D eigenvalue weighted by atomic mass is 79.9. The fourth-order valence-electron chi connectivity index (χ4n) is 3.01. The Morgan fingerprint density at radius 2 is 1.66 bits per heavy atom. The van der Waals surface area contributed by atoms with Crippen molar-refractivity contribution in [3.05, 3.63) is 70.2 Å². The van der Waals surface area contributed by atoms with E-state index in [1.807, 2.05) is 18.2 Å². The molecule has 0 radical (unpaired) electrons. The van der Waals surface area contributed by atoms with Crippen molar-refractivity contribution in [1.82, 2.24) is 9.80 Å². The SMILES string of the molecule is O=C(/C=C/c1cc(Br)ccc1OC(F)F)N1CCN(C(=O)c2ccccc2)CC1. The van der Waals surface area contributed by atoms with Gasteiger partial charge in [-0.2, -0.15) is 8.78 Å². The molecular weight excluding hydrogens is 446 g/mol. The standard InChI is InChI=1S/C21H19BrF2N2O3/c22-17-7-8-18(29-21(23)24)16(14-17)6-9-19(27)25-10-12-26(13-11-25)20(28)15-4-2-1-3-5-15/h1-9,14,21H,10-13H2/b9-6+. The maximum atomic E-state index is 12.5. The van der Waals surface area contributed by atoms with Gasteiger partial charge in [-0.3, -0.25) is 9.59 Å². The smallest absolute Gasteiger partial charge is 0.387 e. The van der Waals surface area contributed by atoms with Crippen LogP contribution in [0, 0.1) is 0 Å². The van der Waals surface area contributed by atoms with E-state index in [1.165, 1.54) is 18.2 Å². The molecule has 1 aliphatic heterocycles. The Morgan fingerprint density at radius 1 is 1.00 bits per heavy atom. The van der Waals surface area contributed by atoms with Gasteiger partial charge in [-0.25, -0.2) is 0 Å². The minimum Gasteiger partial charge on any atom is -0.434 e. The molecule has 1 saturated heterocycles. The Balaban J connectivity index is 1.60. The van der Waals surface area contributed by atoms with E-state index in [0.29, 0.717) is 41.8 Å². The molecule has 0 aliphatic carbocycles. The molecule has 8 heteroatoms. The van der Waals surface area contributed by atoms with Crippen LogP contribution in [0.3, 0.4) is 0 Å². The zero-order chi connectivity index (χ0) is 20.8. The van der Waals surface area contributed by atoms with E-state index < -0.39 is 6.61 Å². The summed E-state index contributed by atoms with van der Waals surface area (Å²) in [6, 6.07) is 13.6. The third kappa shape index (κ3) is 5.63. The Morgan fingerprint density at radius 3 is 2.31 bits per heavy atom. The summed E-state index contributed by atoms with van der Waals surface area (Å²) in [5.41, 5.74) is 0.985. The number of carbonyl (C=O) groups excluding carboxylic acids is 2. The number of hydrogen-bond donors (Lipinski definition) is 0. The molecule has 152 valence electrons. The summed E-state index contributed by atoms with van der Waals surface area (Å²) in [6.07, 6.45) is 2.78. The zero-order valence-electron chi connectivity index (χ0n) is 15.4. The minimum atomic E-state index is -2.95. The van der Waals surface area contributed by atoms with E-state index in [4.69, 9.17) is 0 Å². The second kappa shape index (κ2) is 9.65. The monoisotopic (exact) mass is 464 g/mol. The van der Waals surface area contributed by atoms with Crippen LogP contribution in [0.1, 0.15) is 15.9 Å². The summed E-state index contributed by atoms with van der Waals surface area (Å²) in [7, 11) is 0. The molecule has 2 aromatic rings. The van der Waals surface area contributed by atoms with Gasteiger partial charge in [-0.05, 0) is 36.4 Å². The number of amides is 2. The molecular formula is C21H19BrF2N2O3. The van der Waals surface area contributed by atoms with Crippen LogP contribution in [0.15, 0.2) is 59.1 Å². The van der Waals surface area contributed by atoms with Crippen LogP contribution in [0.4, 0.5) is 8.78 Å². The van der Waals surface area contributed by atoms with Crippen molar-refractivity contribution >= 4 is 33.8 Å². The van der Waals surface area contributed by atoms with Gasteiger partial charge in [0.05, 0.1) is 0 Å². The van der Waals surface area contributed by atoms with E-state index in [-0.39, 0.29) is 17.6 Å². The summed E-state index contributed by atoms with van der Waals surface area (Å²) < 4.78 is 30.3. The highest BCUT2D eigenvalue weighted by molar-refractivity contribution is 9.10. The number of benzene rings is 2. The molecule has 0 spiro atoms. The van der Waals surface area contributed by atoms with Crippen LogP contribution < -0.4 is 4.74 Å². The van der Waals surface area contributed by atoms with Crippen LogP contribution in [-0.2, 0) is 4.79 Å². The summed E-state index contributed by atoms with van der Waals surface area (Å²) in [4.78, 5) is 28.3. The number of ether oxygens (including phenoxy) is 1. The van der Waals surface area contributed by atoms with Crippen molar-refractivity contribution in [2.24, 2.45) is 0 Å². The zero-order valence-corrected chi connectivity index (χ0v) is 17.0. The fourth-order valence-corrected chi connectivity index (χ4v) is 3.39. The number of halogens is 3. The van der Waals surface area contributed by atoms with Crippen molar-refractivity contribution < 1.29 is 23.1 Å². The number of hydrogen-bond acceptors (Lipinski definition) is 3. The molecule has 3 rings (SSSR count). The Hall–Kier alpha value is -2.74. The van der Waals surface area contributed by atoms with Gasteiger partial charge in [-0.1, -0.05) is 34.1 Å². The molecule has 0 bridgehead atoms. The van der Waals surface area contributed by atoms with Gasteiger partial charge < -0.3 is 14.5 Å². The van der Waals surface area contributed by atoms with Gasteiger partial charge >= 0.3 is 6.61 Å². The van der Waals surface area contributed by atoms with Crippen LogP contribution in [-0.4, -0.2) is 54.4 Å². The molecule has 2 amide bonds. The lowest BCUT2D eigenvalue weighted by Crippen LogP contribution is -2.50. The van der Waals surface area contributed by atoms with Gasteiger partial charge in [0.15, 0.2) is 0 Å². The highest BCUT2D eigenvalue weighted by Crippen LogP contribution is 2.26. The Kier molecular flexibility index (Phi) is 6.98. The first-order chi connectivity index (χ1) is 13.9. The molecule has 29 heavy (non-hydrogen) atoms. The second-order valence-electron chi connectivity index (χ2n) is 6.38. The molecule has 1 fully saturated rings. The minimum absolute atomic E-state index is 0.00877. The number of alkyl halides is 2. The third-order valence-corrected chi connectivity index (χ3v) is 4.99. The van der Waals surface area contributed by atoms with Gasteiger partial charge in [0.2, 0.25) is 5.91 Å². The van der Waals surface area contributed by atoms with Crippen LogP contribution >= 0.6 is 15.9 Å². The van der Waals surface area contributed by atoms with E-state index in [2.05, 4.69) is 20.7 Å². The van der Waals surface area contributed by atoms with Gasteiger partial charge in [-0.15, -0.1) is 0 Å². The lowest BCUT2D eigenvalue weighted by Gasteiger charge is -2.34. The Labute approximate surface area is 175 Å². The quantitative estimate of drug-likeness (QED) is 0.627. The predicted octanol–water partition coefficient (Wildman–Crippen LogP) is 4.05. The van der Waals surface area contributed by atoms with E-state index in [0.717, 1.165) is 0 Å². The average Bonchev–Trinajstić information content (AvgIpc) is 2.73. The van der Waals surface area contributed by atoms with Crippen molar-refractivity contribution in [3.63, 3.8) is 0 Å². The van der Waals surface area contributed by atoms with Crippen molar-refractivity contribution in [2.45, 2.75) is 6.61 Å². The molecule has 1 heterocycles. The molecule has 0 atom stereocenters. The number of piperazine rings is 1. The molecule has 0 aromatic heterocycles. The molecule has 0 saturated carbocycles.